The van der Waals surface area contributed by atoms with Gasteiger partial charge in [-0.1, -0.05) is 6.92 Å². The number of hydrogen-bond donors (Lipinski definition) is 1. The van der Waals surface area contributed by atoms with E-state index >= 15 is 0 Å². The smallest absolute Gasteiger partial charge is 0.406 e. The van der Waals surface area contributed by atoms with Crippen LogP contribution in [0.4, 0.5) is 13.2 Å². The largest absolute Gasteiger partial charge is 0.573 e. The molecule has 5 nitrogen and oxygen atoms in total. The van der Waals surface area contributed by atoms with Crippen molar-refractivity contribution in [3.05, 3.63) is 34.9 Å². The third-order valence-electron chi connectivity index (χ3n) is 3.06. The zero-order chi connectivity index (χ0) is 15.6. The van der Waals surface area contributed by atoms with Gasteiger partial charge in [0.05, 0.1) is 29.9 Å². The van der Waals surface area contributed by atoms with Gasteiger partial charge >= 0.3 is 6.36 Å². The first kappa shape index (κ1) is 15.3. The minimum absolute atomic E-state index is 0.00569. The van der Waals surface area contributed by atoms with Gasteiger partial charge < -0.3 is 9.84 Å². The second-order valence-corrected chi connectivity index (χ2v) is 4.43. The molecule has 1 heterocycles. The number of hydrogen-bond acceptors (Lipinski definition) is 4. The molecule has 0 saturated heterocycles. The first-order valence-electron chi connectivity index (χ1n) is 6.23. The van der Waals surface area contributed by atoms with Gasteiger partial charge in [0.1, 0.15) is 5.75 Å². The molecule has 0 amide bonds. The lowest BCUT2D eigenvalue weighted by atomic mass is 10.2. The van der Waals surface area contributed by atoms with Crippen LogP contribution < -0.4 is 10.3 Å². The Morgan fingerprint density at radius 1 is 1.43 bits per heavy atom. The van der Waals surface area contributed by atoms with Gasteiger partial charge in [0, 0.05) is 0 Å². The van der Waals surface area contributed by atoms with Crippen molar-refractivity contribution in [1.82, 2.24) is 9.55 Å². The van der Waals surface area contributed by atoms with Crippen molar-refractivity contribution in [1.29, 1.82) is 0 Å². The fraction of sp³-hybridized carbons (Fsp3) is 0.385. The van der Waals surface area contributed by atoms with Gasteiger partial charge in [-0.15, -0.1) is 13.2 Å². The lowest BCUT2D eigenvalue weighted by Gasteiger charge is -2.15. The predicted octanol–water partition coefficient (Wildman–Crippen LogP) is 2.24. The highest BCUT2D eigenvalue weighted by Gasteiger charge is 2.31. The Morgan fingerprint density at radius 2 is 2.14 bits per heavy atom. The van der Waals surface area contributed by atoms with E-state index in [0.29, 0.717) is 6.42 Å². The van der Waals surface area contributed by atoms with Crippen LogP contribution in [0.1, 0.15) is 19.4 Å². The van der Waals surface area contributed by atoms with Gasteiger partial charge in [-0.05, 0) is 24.6 Å². The molecule has 21 heavy (non-hydrogen) atoms. The zero-order valence-corrected chi connectivity index (χ0v) is 11.1. The van der Waals surface area contributed by atoms with E-state index in [4.69, 9.17) is 0 Å². The SMILES string of the molecule is CC[C@@H](CO)n1cnc2ccc(OC(F)(F)F)cc2c1=O. The summed E-state index contributed by atoms with van der Waals surface area (Å²) in [4.78, 5) is 16.3. The molecule has 1 atom stereocenters. The normalized spacial score (nSPS) is 13.4. The quantitative estimate of drug-likeness (QED) is 0.940. The number of nitrogens with zero attached hydrogens (tertiary/aromatic N) is 2. The van der Waals surface area contributed by atoms with E-state index < -0.39 is 23.7 Å². The number of aromatic nitrogens is 2. The molecule has 0 spiro atoms. The molecule has 0 saturated carbocycles. The van der Waals surface area contributed by atoms with Crippen LogP contribution >= 0.6 is 0 Å². The third kappa shape index (κ3) is 3.33. The van der Waals surface area contributed by atoms with E-state index in [1.807, 2.05) is 0 Å². The van der Waals surface area contributed by atoms with E-state index in [1.54, 1.807) is 6.92 Å². The Balaban J connectivity index is 2.54. The van der Waals surface area contributed by atoms with Crippen molar-refractivity contribution in [3.8, 4) is 5.75 Å². The number of ether oxygens (including phenoxy) is 1. The van der Waals surface area contributed by atoms with Crippen LogP contribution in [0, 0.1) is 0 Å². The predicted molar refractivity (Wildman–Crippen MR) is 69.1 cm³/mol. The molecule has 0 bridgehead atoms. The van der Waals surface area contributed by atoms with Gasteiger partial charge in [-0.2, -0.15) is 0 Å². The molecule has 2 rings (SSSR count). The third-order valence-corrected chi connectivity index (χ3v) is 3.06. The molecule has 1 N–H and O–H groups in total. The van der Waals surface area contributed by atoms with Crippen molar-refractivity contribution in [2.24, 2.45) is 0 Å². The Labute approximate surface area is 117 Å². The monoisotopic (exact) mass is 302 g/mol. The molecule has 2 aromatic rings. The summed E-state index contributed by atoms with van der Waals surface area (Å²) in [6, 6.07) is 2.90. The average Bonchev–Trinajstić information content (AvgIpc) is 2.41. The molecule has 0 aliphatic rings. The van der Waals surface area contributed by atoms with Gasteiger partial charge in [0.15, 0.2) is 0 Å². The van der Waals surface area contributed by atoms with Crippen molar-refractivity contribution >= 4 is 10.9 Å². The first-order valence-corrected chi connectivity index (χ1v) is 6.23. The fourth-order valence-corrected chi connectivity index (χ4v) is 1.99. The van der Waals surface area contributed by atoms with E-state index in [-0.39, 0.29) is 17.5 Å². The van der Waals surface area contributed by atoms with Crippen LogP contribution in [0.2, 0.25) is 0 Å². The zero-order valence-electron chi connectivity index (χ0n) is 11.1. The lowest BCUT2D eigenvalue weighted by Crippen LogP contribution is -2.27. The Morgan fingerprint density at radius 3 is 2.71 bits per heavy atom. The van der Waals surface area contributed by atoms with E-state index in [2.05, 4.69) is 9.72 Å². The maximum absolute atomic E-state index is 12.3. The number of alkyl halides is 3. The number of aliphatic hydroxyl groups is 1. The van der Waals surface area contributed by atoms with Gasteiger partial charge in [0.25, 0.3) is 5.56 Å². The highest BCUT2D eigenvalue weighted by molar-refractivity contribution is 5.78. The average molecular weight is 302 g/mol. The summed E-state index contributed by atoms with van der Waals surface area (Å²) in [6.07, 6.45) is -3.06. The van der Waals surface area contributed by atoms with E-state index in [0.717, 1.165) is 12.1 Å². The summed E-state index contributed by atoms with van der Waals surface area (Å²) >= 11 is 0. The van der Waals surface area contributed by atoms with Crippen LogP contribution in [0.5, 0.6) is 5.75 Å². The van der Waals surface area contributed by atoms with Crippen LogP contribution in [0.15, 0.2) is 29.3 Å². The summed E-state index contributed by atoms with van der Waals surface area (Å²) in [5.74, 6) is -0.483. The Bertz CT molecular complexity index is 693. The van der Waals surface area contributed by atoms with Crippen molar-refractivity contribution in [2.75, 3.05) is 6.61 Å². The number of aliphatic hydroxyl groups excluding tert-OH is 1. The van der Waals surface area contributed by atoms with Crippen LogP contribution in [-0.4, -0.2) is 27.6 Å². The number of fused-ring (bicyclic) bond motifs is 1. The molecule has 0 fully saturated rings. The molecule has 0 aliphatic heterocycles. The highest BCUT2D eigenvalue weighted by Crippen LogP contribution is 2.24. The Kier molecular flexibility index (Phi) is 4.17. The maximum atomic E-state index is 12.3. The molecule has 8 heteroatoms. The summed E-state index contributed by atoms with van der Waals surface area (Å²) in [5, 5.41) is 9.23. The topological polar surface area (TPSA) is 64.3 Å². The minimum Gasteiger partial charge on any atom is -0.406 e. The first-order chi connectivity index (χ1) is 9.85. The van der Waals surface area contributed by atoms with Crippen molar-refractivity contribution in [3.63, 3.8) is 0 Å². The summed E-state index contributed by atoms with van der Waals surface area (Å²) in [5.41, 5.74) is -0.257. The summed E-state index contributed by atoms with van der Waals surface area (Å²) < 4.78 is 41.6. The molecular formula is C13H13F3N2O3. The van der Waals surface area contributed by atoms with Crippen molar-refractivity contribution < 1.29 is 23.0 Å². The molecule has 1 aromatic carbocycles. The van der Waals surface area contributed by atoms with Crippen LogP contribution in [-0.2, 0) is 0 Å². The van der Waals surface area contributed by atoms with Crippen LogP contribution in [0.3, 0.4) is 0 Å². The molecule has 1 aromatic heterocycles. The molecule has 114 valence electrons. The van der Waals surface area contributed by atoms with Gasteiger partial charge in [-0.25, -0.2) is 4.98 Å². The maximum Gasteiger partial charge on any atom is 0.573 e. The van der Waals surface area contributed by atoms with Gasteiger partial charge in [0.2, 0.25) is 0 Å². The van der Waals surface area contributed by atoms with Crippen LogP contribution in [0.25, 0.3) is 10.9 Å². The standard InChI is InChI=1S/C13H13F3N2O3/c1-2-8(6-19)18-7-17-11-4-3-9(21-13(14,15)16)5-10(11)12(18)20/h3-5,7-8,19H,2,6H2,1H3/t8-/m0/s1. The molecule has 0 radical (unpaired) electrons. The summed E-state index contributed by atoms with van der Waals surface area (Å²) in [7, 11) is 0. The highest BCUT2D eigenvalue weighted by atomic mass is 19.4. The fourth-order valence-electron chi connectivity index (χ4n) is 1.99. The van der Waals surface area contributed by atoms with Crippen molar-refractivity contribution in [2.45, 2.75) is 25.7 Å². The molecular weight excluding hydrogens is 289 g/mol. The number of rotatable bonds is 4. The Hall–Kier alpha value is -2.09. The van der Waals surface area contributed by atoms with Gasteiger partial charge in [-0.3, -0.25) is 9.36 Å². The lowest BCUT2D eigenvalue weighted by molar-refractivity contribution is -0.274. The molecule has 0 aliphatic carbocycles. The summed E-state index contributed by atoms with van der Waals surface area (Å²) in [6.45, 7) is 1.52. The second-order valence-electron chi connectivity index (χ2n) is 4.43. The van der Waals surface area contributed by atoms with E-state index in [1.165, 1.54) is 17.0 Å². The minimum atomic E-state index is -4.83. The molecule has 0 unspecified atom stereocenters. The second kappa shape index (κ2) is 5.72. The number of benzene rings is 1. The van der Waals surface area contributed by atoms with E-state index in [9.17, 15) is 23.1 Å². The number of halogens is 3.